The van der Waals surface area contributed by atoms with Crippen LogP contribution in [0.4, 0.5) is 5.69 Å². The van der Waals surface area contributed by atoms with E-state index in [9.17, 15) is 0 Å². The van der Waals surface area contributed by atoms with Crippen LogP contribution in [0.15, 0.2) is 42.6 Å². The lowest BCUT2D eigenvalue weighted by Gasteiger charge is -2.34. The molecule has 1 unspecified atom stereocenters. The fourth-order valence-electron chi connectivity index (χ4n) is 7.77. The molecule has 0 fully saturated rings. The molecule has 0 bridgehead atoms. The fraction of sp³-hybridized carbons (Fsp3) is 0.316. The third-order valence-electron chi connectivity index (χ3n) is 10.2. The minimum atomic E-state index is -0.106. The number of benzene rings is 2. The van der Waals surface area contributed by atoms with Crippen LogP contribution in [0.2, 0.25) is 10.0 Å². The zero-order chi connectivity index (χ0) is 36.6. The Morgan fingerprint density at radius 1 is 1.02 bits per heavy atom. The highest BCUT2D eigenvalue weighted by Gasteiger charge is 2.38. The van der Waals surface area contributed by atoms with Crippen LogP contribution in [0, 0.1) is 27.7 Å². The van der Waals surface area contributed by atoms with Crippen molar-refractivity contribution in [1.82, 2.24) is 44.5 Å². The molecule has 1 N–H and O–H groups in total. The first-order chi connectivity index (χ1) is 24.9. The molecule has 0 saturated carbocycles. The molecule has 0 radical (unpaired) electrons. The van der Waals surface area contributed by atoms with E-state index in [1.807, 2.05) is 85.5 Å². The number of fused-ring (bicyclic) bond motifs is 4. The summed E-state index contributed by atoms with van der Waals surface area (Å²) in [5.41, 5.74) is 11.1. The molecule has 2 aromatic carbocycles. The highest BCUT2D eigenvalue weighted by Crippen LogP contribution is 2.45. The first kappa shape index (κ1) is 33.9. The number of aromatic nitrogens is 9. The van der Waals surface area contributed by atoms with E-state index < -0.39 is 0 Å². The van der Waals surface area contributed by atoms with Crippen LogP contribution in [-0.2, 0) is 20.5 Å². The molecule has 1 atom stereocenters. The van der Waals surface area contributed by atoms with E-state index in [0.29, 0.717) is 53.7 Å². The quantitative estimate of drug-likeness (QED) is 0.157. The number of tetrazole rings is 1. The van der Waals surface area contributed by atoms with Gasteiger partial charge in [-0.3, -0.25) is 9.48 Å². The lowest BCUT2D eigenvalue weighted by Crippen LogP contribution is -2.42. The van der Waals surface area contributed by atoms with E-state index in [1.165, 1.54) is 0 Å². The first-order valence-corrected chi connectivity index (χ1v) is 18.0. The SMILES string of the molecule is Cc1cc(OCCCc2c3n(c4c(-c5c(C)nn(C)c5C)c(Cl)ccc24)C(C)CN(c2cn(C)c4ccc(-c5nn[nH]n5)nc24)C3=O)cc(C)c1Cl. The average Bonchev–Trinajstić information content (AvgIpc) is 3.89. The summed E-state index contributed by atoms with van der Waals surface area (Å²) in [6.45, 7) is 11.1. The Morgan fingerprint density at radius 2 is 1.79 bits per heavy atom. The maximum Gasteiger partial charge on any atom is 0.275 e. The molecule has 1 amide bonds. The maximum atomic E-state index is 15.1. The van der Waals surface area contributed by atoms with Gasteiger partial charge in [0, 0.05) is 60.1 Å². The average molecular weight is 738 g/mol. The van der Waals surface area contributed by atoms with Gasteiger partial charge in [0.25, 0.3) is 5.91 Å². The van der Waals surface area contributed by atoms with E-state index in [-0.39, 0.29) is 11.9 Å². The Labute approximate surface area is 310 Å². The Balaban J connectivity index is 1.26. The van der Waals surface area contributed by atoms with E-state index in [1.54, 1.807) is 0 Å². The van der Waals surface area contributed by atoms with Crippen molar-refractivity contribution in [3.05, 3.63) is 86.4 Å². The topological polar surface area (TPSA) is 125 Å². The molecule has 0 saturated heterocycles. The minimum Gasteiger partial charge on any atom is -0.494 e. The number of hydrogen-bond acceptors (Lipinski definition) is 7. The Morgan fingerprint density at radius 3 is 2.48 bits per heavy atom. The molecule has 8 rings (SSSR count). The van der Waals surface area contributed by atoms with Crippen LogP contribution >= 0.6 is 23.2 Å². The number of aromatic amines is 1. The molecule has 266 valence electrons. The number of nitrogens with one attached hydrogen (secondary N) is 1. The Kier molecular flexibility index (Phi) is 8.34. The number of carbonyl (C=O) groups is 1. The van der Waals surface area contributed by atoms with Crippen molar-refractivity contribution in [2.75, 3.05) is 18.1 Å². The Bertz CT molecular complexity index is 2520. The van der Waals surface area contributed by atoms with E-state index >= 15 is 4.79 Å². The van der Waals surface area contributed by atoms with Crippen LogP contribution in [0.3, 0.4) is 0 Å². The van der Waals surface area contributed by atoms with Gasteiger partial charge in [0.2, 0.25) is 5.82 Å². The Hall–Kier alpha value is -5.20. The van der Waals surface area contributed by atoms with E-state index in [0.717, 1.165) is 72.1 Å². The van der Waals surface area contributed by atoms with Crippen molar-refractivity contribution >= 4 is 56.7 Å². The number of aryl methyl sites for hydroxylation is 6. The second-order valence-corrected chi connectivity index (χ2v) is 14.5. The van der Waals surface area contributed by atoms with Gasteiger partial charge in [0.15, 0.2) is 0 Å². The number of halogens is 2. The highest BCUT2D eigenvalue weighted by atomic mass is 35.5. The number of hydrogen-bond donors (Lipinski definition) is 1. The van der Waals surface area contributed by atoms with Crippen LogP contribution in [0.1, 0.15) is 58.0 Å². The van der Waals surface area contributed by atoms with Crippen LogP contribution in [0.5, 0.6) is 5.75 Å². The number of amides is 1. The molecule has 12 nitrogen and oxygen atoms in total. The lowest BCUT2D eigenvalue weighted by atomic mass is 9.98. The van der Waals surface area contributed by atoms with Crippen molar-refractivity contribution in [2.45, 2.75) is 53.5 Å². The summed E-state index contributed by atoms with van der Waals surface area (Å²) in [6, 6.07) is 11.6. The number of ether oxygens (including phenoxy) is 1. The second kappa shape index (κ2) is 12.8. The predicted octanol–water partition coefficient (Wildman–Crippen LogP) is 7.88. The summed E-state index contributed by atoms with van der Waals surface area (Å²) < 4.78 is 12.3. The van der Waals surface area contributed by atoms with Crippen molar-refractivity contribution < 1.29 is 9.53 Å². The zero-order valence-electron chi connectivity index (χ0n) is 30.0. The van der Waals surface area contributed by atoms with Gasteiger partial charge < -0.3 is 18.8 Å². The largest absolute Gasteiger partial charge is 0.494 e. The van der Waals surface area contributed by atoms with Crippen molar-refractivity contribution in [1.29, 1.82) is 0 Å². The van der Waals surface area contributed by atoms with E-state index in [4.69, 9.17) is 38.0 Å². The third-order valence-corrected chi connectivity index (χ3v) is 11.2. The van der Waals surface area contributed by atoms with Crippen LogP contribution < -0.4 is 9.64 Å². The molecule has 7 aromatic rings. The van der Waals surface area contributed by atoms with E-state index in [2.05, 4.69) is 45.1 Å². The van der Waals surface area contributed by atoms with Crippen molar-refractivity contribution in [2.24, 2.45) is 14.1 Å². The van der Waals surface area contributed by atoms with Gasteiger partial charge in [-0.15, -0.1) is 10.2 Å². The zero-order valence-corrected chi connectivity index (χ0v) is 31.6. The van der Waals surface area contributed by atoms with Gasteiger partial charge in [-0.05, 0) is 99.7 Å². The molecule has 6 heterocycles. The van der Waals surface area contributed by atoms with Crippen LogP contribution in [-0.4, -0.2) is 63.6 Å². The molecule has 14 heteroatoms. The number of carbonyl (C=O) groups excluding carboxylic acids is 1. The highest BCUT2D eigenvalue weighted by molar-refractivity contribution is 6.35. The summed E-state index contributed by atoms with van der Waals surface area (Å²) >= 11 is 13.5. The van der Waals surface area contributed by atoms with Crippen LogP contribution in [0.25, 0.3) is 44.6 Å². The molecule has 1 aliphatic rings. The maximum absolute atomic E-state index is 15.1. The molecule has 0 aliphatic carbocycles. The molecule has 1 aliphatic heterocycles. The number of rotatable bonds is 8. The van der Waals surface area contributed by atoms with Crippen molar-refractivity contribution in [3.8, 4) is 28.4 Å². The molecule has 52 heavy (non-hydrogen) atoms. The number of pyridine rings is 1. The smallest absolute Gasteiger partial charge is 0.275 e. The summed E-state index contributed by atoms with van der Waals surface area (Å²) in [5, 5.41) is 21.5. The molecular weight excluding hydrogens is 699 g/mol. The van der Waals surface area contributed by atoms with Gasteiger partial charge in [-0.2, -0.15) is 10.3 Å². The standard InChI is InChI=1S/C38H38Cl2N10O2/c1-19-15-24(16-20(2)33(19)40)52-14-8-9-25-26-10-11-27(39)32(31-22(4)44-48(7)23(31)5)35(26)50-21(3)17-49(38(51)36(25)50)30-18-47(6)29-13-12-28(41-34(29)30)37-42-45-46-43-37/h10-13,15-16,18,21H,8-9,14,17H2,1-7H3,(H,42,43,45,46). The third kappa shape index (κ3) is 5.35. The number of nitrogens with zero attached hydrogens (tertiary/aromatic N) is 9. The fourth-order valence-corrected chi connectivity index (χ4v) is 8.12. The number of anilines is 1. The van der Waals surface area contributed by atoms with Gasteiger partial charge >= 0.3 is 0 Å². The van der Waals surface area contributed by atoms with Gasteiger partial charge in [-0.25, -0.2) is 4.98 Å². The number of H-pyrrole nitrogens is 1. The van der Waals surface area contributed by atoms with Gasteiger partial charge in [0.1, 0.15) is 22.7 Å². The van der Waals surface area contributed by atoms with Gasteiger partial charge in [0.05, 0.1) is 34.0 Å². The summed E-state index contributed by atoms with van der Waals surface area (Å²) in [4.78, 5) is 21.9. The minimum absolute atomic E-state index is 0.102. The predicted molar refractivity (Wildman–Crippen MR) is 204 cm³/mol. The van der Waals surface area contributed by atoms with Gasteiger partial charge in [-0.1, -0.05) is 29.3 Å². The summed E-state index contributed by atoms with van der Waals surface area (Å²) in [6.07, 6.45) is 3.26. The molecule has 5 aromatic heterocycles. The molecule has 0 spiro atoms. The lowest BCUT2D eigenvalue weighted by molar-refractivity contribution is 0.0957. The monoisotopic (exact) mass is 736 g/mol. The normalized spacial score (nSPS) is 14.6. The molecular formula is C38H38Cl2N10O2. The summed E-state index contributed by atoms with van der Waals surface area (Å²) in [5.74, 6) is 1.06. The summed E-state index contributed by atoms with van der Waals surface area (Å²) in [7, 11) is 3.90. The van der Waals surface area contributed by atoms with Crippen molar-refractivity contribution in [3.63, 3.8) is 0 Å². The second-order valence-electron chi connectivity index (χ2n) is 13.7. The first-order valence-electron chi connectivity index (χ1n) is 17.2.